The van der Waals surface area contributed by atoms with Crippen molar-refractivity contribution in [3.63, 3.8) is 0 Å². The maximum atomic E-state index is 9.93. The maximum absolute atomic E-state index is 9.93. The predicted molar refractivity (Wildman–Crippen MR) is 77.8 cm³/mol. The molecule has 106 valence electrons. The summed E-state index contributed by atoms with van der Waals surface area (Å²) in [6.07, 6.45) is 0. The number of hydrogen-bond acceptors (Lipinski definition) is 4. The van der Waals surface area contributed by atoms with Gasteiger partial charge in [-0.1, -0.05) is 0 Å². The first-order valence-corrected chi connectivity index (χ1v) is 6.23. The quantitative estimate of drug-likeness (QED) is 0.900. The number of benzene rings is 2. The smallest absolute Gasteiger partial charge is 0.160 e. The lowest BCUT2D eigenvalue weighted by Gasteiger charge is -2.14. The van der Waals surface area contributed by atoms with E-state index in [1.54, 1.807) is 24.3 Å². The number of rotatable bonds is 3. The Morgan fingerprint density at radius 2 is 1.05 bits per heavy atom. The fourth-order valence-corrected chi connectivity index (χ4v) is 2.25. The first kappa shape index (κ1) is 14.1. The van der Waals surface area contributed by atoms with Crippen LogP contribution in [0.5, 0.6) is 23.0 Å². The van der Waals surface area contributed by atoms with E-state index in [1.807, 2.05) is 13.8 Å². The van der Waals surface area contributed by atoms with Gasteiger partial charge in [0.15, 0.2) is 23.0 Å². The zero-order chi connectivity index (χ0) is 14.9. The average molecular weight is 274 g/mol. The van der Waals surface area contributed by atoms with Gasteiger partial charge in [0.05, 0.1) is 14.2 Å². The summed E-state index contributed by atoms with van der Waals surface area (Å²) in [5.41, 5.74) is 3.59. The van der Waals surface area contributed by atoms with Crippen molar-refractivity contribution in [2.75, 3.05) is 14.2 Å². The summed E-state index contributed by atoms with van der Waals surface area (Å²) >= 11 is 0. The van der Waals surface area contributed by atoms with E-state index >= 15 is 0 Å². The minimum absolute atomic E-state index is 0.0720. The van der Waals surface area contributed by atoms with Crippen molar-refractivity contribution in [2.45, 2.75) is 13.8 Å². The van der Waals surface area contributed by atoms with Crippen molar-refractivity contribution in [2.24, 2.45) is 0 Å². The Bertz CT molecular complexity index is 590. The Morgan fingerprint density at radius 3 is 1.35 bits per heavy atom. The van der Waals surface area contributed by atoms with E-state index in [-0.39, 0.29) is 11.5 Å². The van der Waals surface area contributed by atoms with Gasteiger partial charge in [0.25, 0.3) is 0 Å². The fraction of sp³-hybridized carbons (Fsp3) is 0.250. The Morgan fingerprint density at radius 1 is 0.700 bits per heavy atom. The summed E-state index contributed by atoms with van der Waals surface area (Å²) in [6.45, 7) is 3.86. The van der Waals surface area contributed by atoms with Gasteiger partial charge in [-0.05, 0) is 60.4 Å². The second kappa shape index (κ2) is 5.33. The molecule has 0 aromatic heterocycles. The van der Waals surface area contributed by atoms with E-state index in [0.29, 0.717) is 11.5 Å². The minimum atomic E-state index is 0.0720. The molecule has 0 aliphatic carbocycles. The van der Waals surface area contributed by atoms with Crippen LogP contribution < -0.4 is 9.47 Å². The lowest BCUT2D eigenvalue weighted by atomic mass is 9.95. The highest BCUT2D eigenvalue weighted by Crippen LogP contribution is 2.39. The van der Waals surface area contributed by atoms with Crippen molar-refractivity contribution >= 4 is 0 Å². The molecule has 0 heterocycles. The van der Waals surface area contributed by atoms with Gasteiger partial charge in [0, 0.05) is 0 Å². The number of aromatic hydroxyl groups is 2. The lowest BCUT2D eigenvalue weighted by Crippen LogP contribution is -1.92. The molecule has 2 N–H and O–H groups in total. The van der Waals surface area contributed by atoms with Gasteiger partial charge in [-0.2, -0.15) is 0 Å². The average Bonchev–Trinajstić information content (AvgIpc) is 2.43. The van der Waals surface area contributed by atoms with Gasteiger partial charge >= 0.3 is 0 Å². The number of methoxy groups -OCH3 is 2. The third-order valence-corrected chi connectivity index (χ3v) is 3.34. The van der Waals surface area contributed by atoms with Gasteiger partial charge in [-0.3, -0.25) is 0 Å². The summed E-state index contributed by atoms with van der Waals surface area (Å²) in [5.74, 6) is 1.01. The van der Waals surface area contributed by atoms with Crippen LogP contribution >= 0.6 is 0 Å². The van der Waals surface area contributed by atoms with Gasteiger partial charge in [-0.25, -0.2) is 0 Å². The molecule has 0 saturated carbocycles. The number of phenolic OH excluding ortho intramolecular Hbond substituents is 2. The lowest BCUT2D eigenvalue weighted by molar-refractivity contribution is 0.372. The first-order chi connectivity index (χ1) is 9.47. The SMILES string of the molecule is COc1cc(C)c(-c2cc(O)c(OC)cc2C)cc1O. The van der Waals surface area contributed by atoms with Crippen molar-refractivity contribution in [3.05, 3.63) is 35.4 Å². The molecule has 20 heavy (non-hydrogen) atoms. The van der Waals surface area contributed by atoms with Crippen molar-refractivity contribution < 1.29 is 19.7 Å². The highest BCUT2D eigenvalue weighted by molar-refractivity contribution is 5.75. The molecule has 0 saturated heterocycles. The summed E-state index contributed by atoms with van der Waals surface area (Å²) in [4.78, 5) is 0. The molecule has 2 rings (SSSR count). The molecule has 0 unspecified atom stereocenters. The van der Waals surface area contributed by atoms with Crippen LogP contribution in [0.3, 0.4) is 0 Å². The third kappa shape index (κ3) is 2.37. The zero-order valence-corrected chi connectivity index (χ0v) is 12.0. The summed E-state index contributed by atoms with van der Waals surface area (Å²) in [5, 5.41) is 19.9. The van der Waals surface area contributed by atoms with Crippen molar-refractivity contribution in [1.82, 2.24) is 0 Å². The Balaban J connectivity index is 2.63. The molecule has 2 aromatic rings. The predicted octanol–water partition coefficient (Wildman–Crippen LogP) is 3.40. The van der Waals surface area contributed by atoms with E-state index in [9.17, 15) is 10.2 Å². The van der Waals surface area contributed by atoms with Crippen LogP contribution in [0, 0.1) is 13.8 Å². The molecular weight excluding hydrogens is 256 g/mol. The van der Waals surface area contributed by atoms with Crippen molar-refractivity contribution in [3.8, 4) is 34.1 Å². The normalized spacial score (nSPS) is 10.4. The van der Waals surface area contributed by atoms with Gasteiger partial charge in [0.2, 0.25) is 0 Å². The van der Waals surface area contributed by atoms with Gasteiger partial charge < -0.3 is 19.7 Å². The highest BCUT2D eigenvalue weighted by atomic mass is 16.5. The van der Waals surface area contributed by atoms with Crippen LogP contribution in [-0.4, -0.2) is 24.4 Å². The van der Waals surface area contributed by atoms with Crippen LogP contribution in [0.2, 0.25) is 0 Å². The molecule has 0 atom stereocenters. The molecule has 4 nitrogen and oxygen atoms in total. The van der Waals surface area contributed by atoms with Crippen molar-refractivity contribution in [1.29, 1.82) is 0 Å². The monoisotopic (exact) mass is 274 g/mol. The molecule has 2 aromatic carbocycles. The van der Waals surface area contributed by atoms with E-state index in [2.05, 4.69) is 0 Å². The molecule has 0 amide bonds. The number of phenols is 2. The number of hydrogen-bond donors (Lipinski definition) is 2. The van der Waals surface area contributed by atoms with E-state index in [1.165, 1.54) is 14.2 Å². The standard InChI is InChI=1S/C16H18O4/c1-9-5-15(19-3)13(17)7-11(9)12-8-14(18)16(20-4)6-10(12)2/h5-8,17-18H,1-4H3. The second-order valence-electron chi connectivity index (χ2n) is 4.68. The van der Waals surface area contributed by atoms with Crippen LogP contribution in [0.25, 0.3) is 11.1 Å². The molecule has 0 aliphatic heterocycles. The maximum Gasteiger partial charge on any atom is 0.160 e. The molecular formula is C16H18O4. The Kier molecular flexibility index (Phi) is 3.74. The second-order valence-corrected chi connectivity index (χ2v) is 4.68. The third-order valence-electron chi connectivity index (χ3n) is 3.34. The number of ether oxygens (including phenoxy) is 2. The van der Waals surface area contributed by atoms with Crippen LogP contribution in [0.1, 0.15) is 11.1 Å². The largest absolute Gasteiger partial charge is 0.504 e. The Labute approximate surface area is 118 Å². The zero-order valence-electron chi connectivity index (χ0n) is 12.0. The van der Waals surface area contributed by atoms with Gasteiger partial charge in [-0.15, -0.1) is 0 Å². The topological polar surface area (TPSA) is 58.9 Å². The summed E-state index contributed by atoms with van der Waals surface area (Å²) in [6, 6.07) is 6.82. The van der Waals surface area contributed by atoms with Crippen LogP contribution in [-0.2, 0) is 0 Å². The Hall–Kier alpha value is -2.36. The fourth-order valence-electron chi connectivity index (χ4n) is 2.25. The van der Waals surface area contributed by atoms with Gasteiger partial charge in [0.1, 0.15) is 0 Å². The summed E-state index contributed by atoms with van der Waals surface area (Å²) in [7, 11) is 3.03. The molecule has 0 fully saturated rings. The molecule has 0 spiro atoms. The van der Waals surface area contributed by atoms with E-state index in [4.69, 9.17) is 9.47 Å². The minimum Gasteiger partial charge on any atom is -0.504 e. The van der Waals surface area contributed by atoms with Crippen LogP contribution in [0.15, 0.2) is 24.3 Å². The van der Waals surface area contributed by atoms with E-state index < -0.39 is 0 Å². The first-order valence-electron chi connectivity index (χ1n) is 6.23. The molecule has 0 aliphatic rings. The molecule has 0 bridgehead atoms. The van der Waals surface area contributed by atoms with Crippen LogP contribution in [0.4, 0.5) is 0 Å². The molecule has 0 radical (unpaired) electrons. The number of aryl methyl sites for hydroxylation is 2. The highest BCUT2D eigenvalue weighted by Gasteiger charge is 2.13. The molecule has 4 heteroatoms. The summed E-state index contributed by atoms with van der Waals surface area (Å²) < 4.78 is 10.2. The van der Waals surface area contributed by atoms with E-state index in [0.717, 1.165) is 22.3 Å².